The largest absolute Gasteiger partial charge is 0.349 e. The number of benzene rings is 2. The van der Waals surface area contributed by atoms with E-state index in [1.54, 1.807) is 11.8 Å². The summed E-state index contributed by atoms with van der Waals surface area (Å²) in [7, 11) is 0. The summed E-state index contributed by atoms with van der Waals surface area (Å²) in [6.45, 7) is 6.11. The Kier molecular flexibility index (Phi) is 6.55. The van der Waals surface area contributed by atoms with Crippen molar-refractivity contribution in [2.75, 3.05) is 0 Å². The van der Waals surface area contributed by atoms with Crippen molar-refractivity contribution in [1.82, 2.24) is 5.32 Å². The number of hydrogen-bond acceptors (Lipinski definition) is 2. The molecule has 23 heavy (non-hydrogen) atoms. The molecule has 2 atom stereocenters. The number of amides is 1. The van der Waals surface area contributed by atoms with E-state index in [2.05, 4.69) is 36.5 Å². The number of thioether (sulfide) groups is 1. The van der Waals surface area contributed by atoms with E-state index < -0.39 is 0 Å². The average Bonchev–Trinajstić information content (AvgIpc) is 2.54. The molecule has 0 aliphatic carbocycles. The molecule has 0 aliphatic heterocycles. The quantitative estimate of drug-likeness (QED) is 0.709. The van der Waals surface area contributed by atoms with Gasteiger partial charge in [0.05, 0.1) is 11.3 Å². The van der Waals surface area contributed by atoms with Crippen LogP contribution in [0.15, 0.2) is 53.4 Å². The van der Waals surface area contributed by atoms with Crippen molar-refractivity contribution in [2.24, 2.45) is 0 Å². The molecule has 0 saturated heterocycles. The van der Waals surface area contributed by atoms with E-state index in [1.165, 1.54) is 5.56 Å². The van der Waals surface area contributed by atoms with Crippen LogP contribution in [0.4, 0.5) is 0 Å². The predicted octanol–water partition coefficient (Wildman–Crippen LogP) is 5.40. The van der Waals surface area contributed by atoms with Gasteiger partial charge >= 0.3 is 0 Å². The van der Waals surface area contributed by atoms with Crippen molar-refractivity contribution < 1.29 is 4.79 Å². The third kappa shape index (κ3) is 5.29. The zero-order valence-corrected chi connectivity index (χ0v) is 15.2. The maximum absolute atomic E-state index is 12.5. The van der Waals surface area contributed by atoms with Crippen LogP contribution in [0, 0.1) is 6.92 Å². The topological polar surface area (TPSA) is 29.1 Å². The molecule has 1 N–H and O–H groups in total. The lowest BCUT2D eigenvalue weighted by atomic mass is 10.1. The molecule has 0 fully saturated rings. The first-order chi connectivity index (χ1) is 11.0. The highest BCUT2D eigenvalue weighted by molar-refractivity contribution is 8.00. The highest BCUT2D eigenvalue weighted by Gasteiger charge is 2.20. The summed E-state index contributed by atoms with van der Waals surface area (Å²) in [5.74, 6) is 0.0699. The van der Waals surface area contributed by atoms with Crippen LogP contribution in [-0.4, -0.2) is 11.2 Å². The summed E-state index contributed by atoms with van der Waals surface area (Å²) < 4.78 is 0. The minimum absolute atomic E-state index is 0.00275. The minimum atomic E-state index is -0.107. The Balaban J connectivity index is 1.99. The van der Waals surface area contributed by atoms with E-state index >= 15 is 0 Å². The van der Waals surface area contributed by atoms with E-state index in [-0.39, 0.29) is 17.2 Å². The first kappa shape index (κ1) is 17.9. The summed E-state index contributed by atoms with van der Waals surface area (Å²) >= 11 is 7.48. The van der Waals surface area contributed by atoms with Gasteiger partial charge in [-0.3, -0.25) is 4.79 Å². The lowest BCUT2D eigenvalue weighted by Gasteiger charge is -2.19. The molecule has 0 unspecified atom stereocenters. The van der Waals surface area contributed by atoms with Gasteiger partial charge in [-0.05, 0) is 50.1 Å². The predicted molar refractivity (Wildman–Crippen MR) is 99.1 cm³/mol. The van der Waals surface area contributed by atoms with Gasteiger partial charge in [0.2, 0.25) is 5.91 Å². The van der Waals surface area contributed by atoms with Gasteiger partial charge in [0, 0.05) is 9.92 Å². The molecule has 0 heterocycles. The summed E-state index contributed by atoms with van der Waals surface area (Å²) in [5, 5.41) is 3.71. The van der Waals surface area contributed by atoms with E-state index in [1.807, 2.05) is 38.1 Å². The minimum Gasteiger partial charge on any atom is -0.349 e. The van der Waals surface area contributed by atoms with Gasteiger partial charge in [-0.2, -0.15) is 0 Å². The number of halogens is 1. The normalized spacial score (nSPS) is 13.4. The second-order valence-electron chi connectivity index (χ2n) is 5.61. The van der Waals surface area contributed by atoms with Crippen molar-refractivity contribution in [3.05, 3.63) is 64.7 Å². The van der Waals surface area contributed by atoms with E-state index in [0.717, 1.165) is 16.9 Å². The molecular weight excluding hydrogens is 326 g/mol. The fourth-order valence-electron chi connectivity index (χ4n) is 2.24. The fourth-order valence-corrected chi connectivity index (χ4v) is 3.33. The monoisotopic (exact) mass is 347 g/mol. The standard InChI is InChI=1S/C19H22ClNOS/c1-4-18(23-17-11-9-16(20)10-12-17)19(22)21-14(3)15-7-5-13(2)6-8-15/h5-12,14,18H,4H2,1-3H3,(H,21,22)/t14-,18-/m1/s1. The van der Waals surface area contributed by atoms with Gasteiger partial charge < -0.3 is 5.32 Å². The SMILES string of the molecule is CC[C@@H](Sc1ccc(Cl)cc1)C(=O)N[C@H](C)c1ccc(C)cc1. The lowest BCUT2D eigenvalue weighted by Crippen LogP contribution is -2.34. The Labute approximate surface area is 147 Å². The summed E-state index contributed by atoms with van der Waals surface area (Å²) in [6.07, 6.45) is 0.778. The number of hydrogen-bond donors (Lipinski definition) is 1. The van der Waals surface area contributed by atoms with Crippen LogP contribution in [0.25, 0.3) is 0 Å². The Morgan fingerprint density at radius 2 is 1.74 bits per heavy atom. The number of carbonyl (C=O) groups excluding carboxylic acids is 1. The van der Waals surface area contributed by atoms with Crippen LogP contribution in [0.1, 0.15) is 37.4 Å². The molecule has 0 spiro atoms. The summed E-state index contributed by atoms with van der Waals surface area (Å²) in [6, 6.07) is 15.9. The third-order valence-electron chi connectivity index (χ3n) is 3.69. The first-order valence-electron chi connectivity index (χ1n) is 7.78. The Morgan fingerprint density at radius 1 is 1.13 bits per heavy atom. The number of rotatable bonds is 6. The van der Waals surface area contributed by atoms with E-state index in [9.17, 15) is 4.79 Å². The van der Waals surface area contributed by atoms with Gasteiger partial charge in [-0.15, -0.1) is 11.8 Å². The molecule has 2 nitrogen and oxygen atoms in total. The van der Waals surface area contributed by atoms with Crippen LogP contribution in [0.3, 0.4) is 0 Å². The molecule has 2 aromatic rings. The molecule has 0 aliphatic rings. The number of nitrogens with one attached hydrogen (secondary N) is 1. The van der Waals surface area contributed by atoms with Crippen LogP contribution in [0.2, 0.25) is 5.02 Å². The van der Waals surface area contributed by atoms with Crippen LogP contribution in [-0.2, 0) is 4.79 Å². The van der Waals surface area contributed by atoms with E-state index in [0.29, 0.717) is 5.02 Å². The second kappa shape index (κ2) is 8.42. The Bertz CT molecular complexity index is 639. The van der Waals surface area contributed by atoms with E-state index in [4.69, 9.17) is 11.6 Å². The maximum Gasteiger partial charge on any atom is 0.233 e. The number of carbonyl (C=O) groups is 1. The van der Waals surface area contributed by atoms with Crippen molar-refractivity contribution in [3.63, 3.8) is 0 Å². The summed E-state index contributed by atoms with van der Waals surface area (Å²) in [4.78, 5) is 13.6. The highest BCUT2D eigenvalue weighted by atomic mass is 35.5. The molecule has 0 radical (unpaired) electrons. The second-order valence-corrected chi connectivity index (χ2v) is 7.32. The molecule has 2 aromatic carbocycles. The average molecular weight is 348 g/mol. The van der Waals surface area contributed by atoms with Crippen LogP contribution in [0.5, 0.6) is 0 Å². The van der Waals surface area contributed by atoms with Crippen molar-refractivity contribution >= 4 is 29.3 Å². The van der Waals surface area contributed by atoms with Crippen molar-refractivity contribution in [2.45, 2.75) is 43.4 Å². The molecule has 0 saturated carbocycles. The van der Waals surface area contributed by atoms with Crippen molar-refractivity contribution in [3.8, 4) is 0 Å². The molecule has 2 rings (SSSR count). The smallest absolute Gasteiger partial charge is 0.233 e. The molecule has 122 valence electrons. The van der Waals surface area contributed by atoms with Crippen LogP contribution >= 0.6 is 23.4 Å². The Morgan fingerprint density at radius 3 is 2.30 bits per heavy atom. The zero-order valence-electron chi connectivity index (χ0n) is 13.7. The van der Waals surface area contributed by atoms with Gasteiger partial charge in [-0.25, -0.2) is 0 Å². The zero-order chi connectivity index (χ0) is 16.8. The van der Waals surface area contributed by atoms with Gasteiger partial charge in [0.1, 0.15) is 0 Å². The fraction of sp³-hybridized carbons (Fsp3) is 0.316. The maximum atomic E-state index is 12.5. The molecule has 0 aromatic heterocycles. The molecule has 4 heteroatoms. The highest BCUT2D eigenvalue weighted by Crippen LogP contribution is 2.27. The van der Waals surface area contributed by atoms with Crippen molar-refractivity contribution in [1.29, 1.82) is 0 Å². The third-order valence-corrected chi connectivity index (χ3v) is 5.32. The van der Waals surface area contributed by atoms with Gasteiger partial charge in [-0.1, -0.05) is 48.4 Å². The molecule has 0 bridgehead atoms. The number of aryl methyl sites for hydroxylation is 1. The van der Waals surface area contributed by atoms with Gasteiger partial charge in [0.15, 0.2) is 0 Å². The first-order valence-corrected chi connectivity index (χ1v) is 9.04. The molecule has 1 amide bonds. The van der Waals surface area contributed by atoms with Gasteiger partial charge in [0.25, 0.3) is 0 Å². The van der Waals surface area contributed by atoms with Crippen LogP contribution < -0.4 is 5.32 Å². The summed E-state index contributed by atoms with van der Waals surface area (Å²) in [5.41, 5.74) is 2.34. The lowest BCUT2D eigenvalue weighted by molar-refractivity contribution is -0.121. The Hall–Kier alpha value is -1.45. The molecular formula is C19H22ClNOS.